The predicted molar refractivity (Wildman–Crippen MR) is 69.6 cm³/mol. The predicted octanol–water partition coefficient (Wildman–Crippen LogP) is 1.43. The fourth-order valence-corrected chi connectivity index (χ4v) is 2.87. The molecule has 0 aliphatic carbocycles. The van der Waals surface area contributed by atoms with E-state index in [9.17, 15) is 27.3 Å². The van der Waals surface area contributed by atoms with Crippen LogP contribution in [0, 0.1) is 21.7 Å². The molecule has 0 spiro atoms. The van der Waals surface area contributed by atoms with Crippen LogP contribution in [0.25, 0.3) is 0 Å². The van der Waals surface area contributed by atoms with E-state index in [1.54, 1.807) is 0 Å². The lowest BCUT2D eigenvalue weighted by molar-refractivity contribution is -0.385. The molecule has 10 heteroatoms. The lowest BCUT2D eigenvalue weighted by Gasteiger charge is -2.19. The number of nitro groups is 1. The van der Waals surface area contributed by atoms with Gasteiger partial charge in [-0.15, -0.1) is 0 Å². The van der Waals surface area contributed by atoms with E-state index >= 15 is 0 Å². The molecule has 0 radical (unpaired) electrons. The van der Waals surface area contributed by atoms with Gasteiger partial charge in [0, 0.05) is 13.1 Å². The molecule has 1 heterocycles. The van der Waals surface area contributed by atoms with Gasteiger partial charge in [0.05, 0.1) is 29.4 Å². The van der Waals surface area contributed by atoms with Crippen molar-refractivity contribution in [3.05, 3.63) is 33.9 Å². The van der Waals surface area contributed by atoms with E-state index in [-0.39, 0.29) is 19.5 Å². The summed E-state index contributed by atoms with van der Waals surface area (Å²) in [6, 6.07) is 1.26. The molecule has 1 unspecified atom stereocenters. The molecule has 2 rings (SSSR count). The maximum Gasteiger partial charge on any atom is 0.275 e. The lowest BCUT2D eigenvalue weighted by Crippen LogP contribution is -2.26. The minimum Gasteiger partial charge on any atom is -0.364 e. The largest absolute Gasteiger partial charge is 0.364 e. The molecule has 1 fully saturated rings. The second-order valence-corrected chi connectivity index (χ2v) is 6.27. The summed E-state index contributed by atoms with van der Waals surface area (Å²) in [7, 11) is -3.65. The summed E-state index contributed by atoms with van der Waals surface area (Å²) in [4.78, 5) is 10.9. The van der Waals surface area contributed by atoms with Crippen molar-refractivity contribution in [2.45, 2.75) is 12.5 Å². The van der Waals surface area contributed by atoms with Gasteiger partial charge in [-0.1, -0.05) is 0 Å². The van der Waals surface area contributed by atoms with Gasteiger partial charge < -0.3 is 4.90 Å². The fraction of sp³-hybridized carbons (Fsp3) is 0.455. The third kappa shape index (κ3) is 3.64. The topological polar surface area (TPSA) is 89.8 Å². The van der Waals surface area contributed by atoms with E-state index in [1.807, 2.05) is 0 Å². The number of rotatable bonds is 4. The molecule has 7 nitrogen and oxygen atoms in total. The molecule has 0 saturated carbocycles. The summed E-state index contributed by atoms with van der Waals surface area (Å²) in [6.45, 7) is 0.171. The van der Waals surface area contributed by atoms with Gasteiger partial charge in [-0.05, 0) is 6.42 Å². The summed E-state index contributed by atoms with van der Waals surface area (Å²) < 4.78 is 54.5. The van der Waals surface area contributed by atoms with E-state index in [4.69, 9.17) is 4.18 Å². The van der Waals surface area contributed by atoms with E-state index in [1.165, 1.54) is 4.90 Å². The molecule has 1 aliphatic rings. The van der Waals surface area contributed by atoms with Crippen LogP contribution in [-0.2, 0) is 14.3 Å². The number of hydrogen-bond donors (Lipinski definition) is 0. The van der Waals surface area contributed by atoms with Crippen molar-refractivity contribution >= 4 is 21.5 Å². The Balaban J connectivity index is 2.22. The molecular formula is C11H12F2N2O5S. The molecule has 0 N–H and O–H groups in total. The average molecular weight is 322 g/mol. The Morgan fingerprint density at radius 1 is 1.38 bits per heavy atom. The van der Waals surface area contributed by atoms with Crippen molar-refractivity contribution in [1.29, 1.82) is 0 Å². The number of halogens is 2. The number of non-ortho nitro benzene ring substituents is 1. The van der Waals surface area contributed by atoms with E-state index in [0.29, 0.717) is 12.1 Å². The van der Waals surface area contributed by atoms with Gasteiger partial charge in [0.15, 0.2) is 11.6 Å². The van der Waals surface area contributed by atoms with Gasteiger partial charge in [0.25, 0.3) is 15.8 Å². The Labute approximate surface area is 119 Å². The molecule has 1 aromatic rings. The Bertz CT molecular complexity index is 656. The minimum absolute atomic E-state index is 0.0152. The first kappa shape index (κ1) is 15.6. The molecule has 1 atom stereocenters. The van der Waals surface area contributed by atoms with Crippen molar-refractivity contribution < 1.29 is 26.3 Å². The van der Waals surface area contributed by atoms with E-state index < -0.39 is 44.2 Å². The van der Waals surface area contributed by atoms with Crippen LogP contribution < -0.4 is 4.90 Å². The third-order valence-electron chi connectivity index (χ3n) is 2.98. The normalized spacial score (nSPS) is 19.0. The van der Waals surface area contributed by atoms with E-state index in [2.05, 4.69) is 0 Å². The zero-order valence-corrected chi connectivity index (χ0v) is 11.8. The monoisotopic (exact) mass is 322 g/mol. The Hall–Kier alpha value is -1.81. The van der Waals surface area contributed by atoms with Crippen LogP contribution in [0.3, 0.4) is 0 Å². The average Bonchev–Trinajstić information content (AvgIpc) is 2.73. The van der Waals surface area contributed by atoms with Crippen molar-refractivity contribution in [1.82, 2.24) is 0 Å². The molecule has 21 heavy (non-hydrogen) atoms. The standard InChI is InChI=1S/C11H12F2N2O5S/c1-21(18,19)20-8-2-3-14(6-8)11-9(12)4-7(15(16)17)5-10(11)13/h4-5,8H,2-3,6H2,1H3. The highest BCUT2D eigenvalue weighted by Gasteiger charge is 2.30. The molecule has 1 aliphatic heterocycles. The third-order valence-corrected chi connectivity index (χ3v) is 3.61. The highest BCUT2D eigenvalue weighted by atomic mass is 32.2. The van der Waals surface area contributed by atoms with Crippen LogP contribution in [0.15, 0.2) is 12.1 Å². The fourth-order valence-electron chi connectivity index (χ4n) is 2.22. The van der Waals surface area contributed by atoms with Crippen LogP contribution in [0.5, 0.6) is 0 Å². The highest BCUT2D eigenvalue weighted by Crippen LogP contribution is 2.31. The molecule has 0 bridgehead atoms. The van der Waals surface area contributed by atoms with Crippen LogP contribution in [-0.4, -0.2) is 38.8 Å². The van der Waals surface area contributed by atoms with Crippen molar-refractivity contribution in [2.75, 3.05) is 24.2 Å². The van der Waals surface area contributed by atoms with Crippen LogP contribution in [0.2, 0.25) is 0 Å². The van der Waals surface area contributed by atoms with Crippen molar-refractivity contribution in [2.24, 2.45) is 0 Å². The molecular weight excluding hydrogens is 310 g/mol. The van der Waals surface area contributed by atoms with Gasteiger partial charge in [0.1, 0.15) is 5.69 Å². The Morgan fingerprint density at radius 3 is 2.43 bits per heavy atom. The summed E-state index contributed by atoms with van der Waals surface area (Å²) >= 11 is 0. The maximum absolute atomic E-state index is 13.8. The second kappa shape index (κ2) is 5.53. The second-order valence-electron chi connectivity index (χ2n) is 4.67. The van der Waals surface area contributed by atoms with Gasteiger partial charge in [0.2, 0.25) is 0 Å². The van der Waals surface area contributed by atoms with Crippen LogP contribution >= 0.6 is 0 Å². The Kier molecular flexibility index (Phi) is 4.10. The zero-order valence-electron chi connectivity index (χ0n) is 11.0. The number of nitro benzene ring substituents is 1. The van der Waals surface area contributed by atoms with Gasteiger partial charge in [-0.3, -0.25) is 14.3 Å². The quantitative estimate of drug-likeness (QED) is 0.473. The number of hydrogen-bond acceptors (Lipinski definition) is 6. The smallest absolute Gasteiger partial charge is 0.275 e. The minimum atomic E-state index is -3.65. The molecule has 0 amide bonds. The number of benzene rings is 1. The Morgan fingerprint density at radius 2 is 1.95 bits per heavy atom. The van der Waals surface area contributed by atoms with Gasteiger partial charge in [-0.2, -0.15) is 8.42 Å². The molecule has 0 aromatic heterocycles. The van der Waals surface area contributed by atoms with Gasteiger partial charge in [-0.25, -0.2) is 8.78 Å². The molecule has 116 valence electrons. The SMILES string of the molecule is CS(=O)(=O)OC1CCN(c2c(F)cc([N+](=O)[O-])cc2F)C1. The summed E-state index contributed by atoms with van der Waals surface area (Å²) in [5.41, 5.74) is -1.10. The van der Waals surface area contributed by atoms with Crippen molar-refractivity contribution in [3.63, 3.8) is 0 Å². The van der Waals surface area contributed by atoms with Crippen molar-refractivity contribution in [3.8, 4) is 0 Å². The molecule has 1 aromatic carbocycles. The maximum atomic E-state index is 13.8. The van der Waals surface area contributed by atoms with Gasteiger partial charge >= 0.3 is 0 Å². The summed E-state index contributed by atoms with van der Waals surface area (Å²) in [5, 5.41) is 10.5. The zero-order chi connectivity index (χ0) is 15.8. The summed E-state index contributed by atoms with van der Waals surface area (Å²) in [5.74, 6) is -2.14. The first-order valence-electron chi connectivity index (χ1n) is 5.94. The van der Waals surface area contributed by atoms with Crippen LogP contribution in [0.1, 0.15) is 6.42 Å². The summed E-state index contributed by atoms with van der Waals surface area (Å²) in [6.07, 6.45) is 0.472. The highest BCUT2D eigenvalue weighted by molar-refractivity contribution is 7.86. The molecule has 1 saturated heterocycles. The lowest BCUT2D eigenvalue weighted by atomic mass is 10.2. The number of anilines is 1. The number of nitrogens with zero attached hydrogens (tertiary/aromatic N) is 2. The first-order valence-corrected chi connectivity index (χ1v) is 7.75. The first-order chi connectivity index (χ1) is 9.67. The van der Waals surface area contributed by atoms with Crippen LogP contribution in [0.4, 0.5) is 20.2 Å². The van der Waals surface area contributed by atoms with E-state index in [0.717, 1.165) is 6.26 Å².